The summed E-state index contributed by atoms with van der Waals surface area (Å²) in [5.41, 5.74) is 0.385. The number of hydrogen-bond donors (Lipinski definition) is 0. The average Bonchev–Trinajstić information content (AvgIpc) is 3.06. The van der Waals surface area contributed by atoms with Crippen LogP contribution in [-0.4, -0.2) is 31.1 Å². The summed E-state index contributed by atoms with van der Waals surface area (Å²) in [7, 11) is 0. The first-order valence-electron chi connectivity index (χ1n) is 8.24. The highest BCUT2D eigenvalue weighted by Gasteiger charge is 2.16. The molecule has 1 aromatic rings. The highest BCUT2D eigenvalue weighted by atomic mass is 19.1. The van der Waals surface area contributed by atoms with Gasteiger partial charge in [0.15, 0.2) is 11.6 Å². The van der Waals surface area contributed by atoms with Gasteiger partial charge in [0, 0.05) is 12.6 Å². The molecule has 23 heavy (non-hydrogen) atoms. The number of allylic oxidation sites excluding steroid dienone is 4. The summed E-state index contributed by atoms with van der Waals surface area (Å²) in [6, 6.07) is 2.44. The van der Waals surface area contributed by atoms with Gasteiger partial charge in [-0.15, -0.1) is 0 Å². The van der Waals surface area contributed by atoms with Crippen LogP contribution >= 0.6 is 0 Å². The molecule has 1 unspecified atom stereocenters. The van der Waals surface area contributed by atoms with Crippen LogP contribution in [0.1, 0.15) is 18.4 Å². The molecule has 0 spiro atoms. The molecule has 4 heteroatoms. The Bertz CT molecular complexity index is 591. The molecular formula is C19H22F2NO. The van der Waals surface area contributed by atoms with Crippen molar-refractivity contribution in [2.45, 2.75) is 19.3 Å². The Balaban J connectivity index is 1.57. The predicted octanol–water partition coefficient (Wildman–Crippen LogP) is 3.93. The van der Waals surface area contributed by atoms with Crippen LogP contribution in [-0.2, 0) is 6.42 Å². The Kier molecular flexibility index (Phi) is 5.44. The SMILES string of the molecule is Fc1cc(OCCN2CCCC2)c(F)cc1CC1[CH]C=CC=C1. The topological polar surface area (TPSA) is 12.5 Å². The number of rotatable bonds is 6. The molecule has 2 aliphatic rings. The minimum absolute atomic E-state index is 0.00788. The van der Waals surface area contributed by atoms with Crippen molar-refractivity contribution in [1.29, 1.82) is 0 Å². The third kappa shape index (κ3) is 4.41. The van der Waals surface area contributed by atoms with E-state index in [1.54, 1.807) is 0 Å². The van der Waals surface area contributed by atoms with Crippen LogP contribution in [0.15, 0.2) is 36.4 Å². The molecule has 1 fully saturated rings. The summed E-state index contributed by atoms with van der Waals surface area (Å²) in [5, 5.41) is 0. The maximum absolute atomic E-state index is 14.2. The van der Waals surface area contributed by atoms with E-state index in [-0.39, 0.29) is 11.7 Å². The van der Waals surface area contributed by atoms with Crippen molar-refractivity contribution in [2.24, 2.45) is 5.92 Å². The number of hydrogen-bond acceptors (Lipinski definition) is 2. The van der Waals surface area contributed by atoms with Crippen molar-refractivity contribution in [3.05, 3.63) is 60.1 Å². The molecule has 1 aliphatic carbocycles. The van der Waals surface area contributed by atoms with Crippen LogP contribution in [0.5, 0.6) is 5.75 Å². The van der Waals surface area contributed by atoms with E-state index in [4.69, 9.17) is 4.74 Å². The van der Waals surface area contributed by atoms with E-state index in [1.807, 2.05) is 30.7 Å². The van der Waals surface area contributed by atoms with Crippen molar-refractivity contribution in [1.82, 2.24) is 4.90 Å². The Labute approximate surface area is 136 Å². The fraction of sp³-hybridized carbons (Fsp3) is 0.421. The van der Waals surface area contributed by atoms with Crippen LogP contribution in [0, 0.1) is 24.0 Å². The van der Waals surface area contributed by atoms with Gasteiger partial charge in [0.05, 0.1) is 0 Å². The summed E-state index contributed by atoms with van der Waals surface area (Å²) < 4.78 is 33.8. The number of halogens is 2. The molecule has 0 bridgehead atoms. The molecule has 1 aliphatic heterocycles. The number of likely N-dealkylation sites (tertiary alicyclic amines) is 1. The normalized spacial score (nSPS) is 21.0. The molecule has 1 aromatic carbocycles. The summed E-state index contributed by atoms with van der Waals surface area (Å²) >= 11 is 0. The second-order valence-corrected chi connectivity index (χ2v) is 6.10. The highest BCUT2D eigenvalue weighted by Crippen LogP contribution is 2.25. The van der Waals surface area contributed by atoms with E-state index in [0.717, 1.165) is 19.6 Å². The van der Waals surface area contributed by atoms with Gasteiger partial charge in [-0.1, -0.05) is 24.3 Å². The molecule has 2 nitrogen and oxygen atoms in total. The van der Waals surface area contributed by atoms with E-state index < -0.39 is 11.6 Å². The molecule has 0 saturated carbocycles. The number of benzene rings is 1. The molecule has 1 saturated heterocycles. The van der Waals surface area contributed by atoms with Gasteiger partial charge in [0.25, 0.3) is 0 Å². The van der Waals surface area contributed by atoms with E-state index >= 15 is 0 Å². The summed E-state index contributed by atoms with van der Waals surface area (Å²) in [6.45, 7) is 3.29. The van der Waals surface area contributed by atoms with Gasteiger partial charge in [0.2, 0.25) is 0 Å². The summed E-state index contributed by atoms with van der Waals surface area (Å²) in [5.74, 6) is -0.776. The van der Waals surface area contributed by atoms with Crippen LogP contribution in [0.3, 0.4) is 0 Å². The minimum Gasteiger partial charge on any atom is -0.489 e. The highest BCUT2D eigenvalue weighted by molar-refractivity contribution is 5.32. The first kappa shape index (κ1) is 16.2. The molecule has 123 valence electrons. The van der Waals surface area contributed by atoms with Crippen LogP contribution in [0.4, 0.5) is 8.78 Å². The van der Waals surface area contributed by atoms with Gasteiger partial charge in [0.1, 0.15) is 12.4 Å². The third-order valence-electron chi connectivity index (χ3n) is 4.36. The van der Waals surface area contributed by atoms with E-state index in [1.165, 1.54) is 25.0 Å². The fourth-order valence-corrected chi connectivity index (χ4v) is 3.06. The van der Waals surface area contributed by atoms with Crippen molar-refractivity contribution in [3.63, 3.8) is 0 Å². The van der Waals surface area contributed by atoms with Crippen LogP contribution < -0.4 is 4.74 Å². The van der Waals surface area contributed by atoms with Gasteiger partial charge in [-0.3, -0.25) is 4.90 Å². The first-order chi connectivity index (χ1) is 11.2. The monoisotopic (exact) mass is 318 g/mol. The second-order valence-electron chi connectivity index (χ2n) is 6.10. The van der Waals surface area contributed by atoms with Crippen molar-refractivity contribution < 1.29 is 13.5 Å². The zero-order valence-electron chi connectivity index (χ0n) is 13.2. The van der Waals surface area contributed by atoms with E-state index in [2.05, 4.69) is 4.90 Å². The fourth-order valence-electron chi connectivity index (χ4n) is 3.06. The van der Waals surface area contributed by atoms with Gasteiger partial charge < -0.3 is 4.74 Å². The van der Waals surface area contributed by atoms with Gasteiger partial charge >= 0.3 is 0 Å². The second kappa shape index (κ2) is 7.73. The Morgan fingerprint density at radius 1 is 1.04 bits per heavy atom. The predicted molar refractivity (Wildman–Crippen MR) is 87.3 cm³/mol. The summed E-state index contributed by atoms with van der Waals surface area (Å²) in [6.07, 6.45) is 12.6. The summed E-state index contributed by atoms with van der Waals surface area (Å²) in [4.78, 5) is 2.28. The maximum atomic E-state index is 14.2. The Morgan fingerprint density at radius 2 is 1.87 bits per heavy atom. The van der Waals surface area contributed by atoms with Crippen molar-refractivity contribution in [3.8, 4) is 5.75 Å². The Morgan fingerprint density at radius 3 is 2.61 bits per heavy atom. The largest absolute Gasteiger partial charge is 0.489 e. The molecule has 0 amide bonds. The quantitative estimate of drug-likeness (QED) is 0.788. The van der Waals surface area contributed by atoms with Crippen LogP contribution in [0.25, 0.3) is 0 Å². The lowest BCUT2D eigenvalue weighted by Gasteiger charge is -2.16. The lowest BCUT2D eigenvalue weighted by atomic mass is 9.93. The molecular weight excluding hydrogens is 296 g/mol. The van der Waals surface area contributed by atoms with Gasteiger partial charge in [-0.25, -0.2) is 8.78 Å². The number of nitrogens with zero attached hydrogens (tertiary/aromatic N) is 1. The standard InChI is InChI=1S/C19H22F2NO/c20-17-14-19(23-11-10-22-8-4-5-9-22)18(21)13-16(17)12-15-6-2-1-3-7-15/h1-3,6-7,13-15H,4-5,8-12H2. The van der Waals surface area contributed by atoms with E-state index in [9.17, 15) is 8.78 Å². The Hall–Kier alpha value is -1.68. The van der Waals surface area contributed by atoms with Crippen LogP contribution in [0.2, 0.25) is 0 Å². The van der Waals surface area contributed by atoms with Gasteiger partial charge in [-0.2, -0.15) is 0 Å². The maximum Gasteiger partial charge on any atom is 0.165 e. The molecule has 3 rings (SSSR count). The average molecular weight is 318 g/mol. The molecule has 0 aromatic heterocycles. The molecule has 1 radical (unpaired) electrons. The minimum atomic E-state index is -0.488. The smallest absolute Gasteiger partial charge is 0.165 e. The van der Waals surface area contributed by atoms with E-state index in [0.29, 0.717) is 18.6 Å². The zero-order chi connectivity index (χ0) is 16.1. The third-order valence-corrected chi connectivity index (χ3v) is 4.36. The molecule has 0 N–H and O–H groups in total. The lowest BCUT2D eigenvalue weighted by Crippen LogP contribution is -2.25. The molecule has 1 heterocycles. The molecule has 1 atom stereocenters. The van der Waals surface area contributed by atoms with Crippen molar-refractivity contribution >= 4 is 0 Å². The van der Waals surface area contributed by atoms with Crippen molar-refractivity contribution in [2.75, 3.05) is 26.2 Å². The van der Waals surface area contributed by atoms with Gasteiger partial charge in [-0.05, 0) is 56.3 Å². The number of ether oxygens (including phenoxy) is 1. The zero-order valence-corrected chi connectivity index (χ0v) is 13.2. The lowest BCUT2D eigenvalue weighted by molar-refractivity contribution is 0.230. The first-order valence-corrected chi connectivity index (χ1v) is 8.24.